The minimum absolute atomic E-state index is 0.0353. The molecule has 0 radical (unpaired) electrons. The summed E-state index contributed by atoms with van der Waals surface area (Å²) in [6, 6.07) is 12.9. The summed E-state index contributed by atoms with van der Waals surface area (Å²) < 4.78 is 12.6. The molecular weight excluding hydrogens is 394 g/mol. The highest BCUT2D eigenvalue weighted by Crippen LogP contribution is 2.33. The molecule has 0 saturated carbocycles. The van der Waals surface area contributed by atoms with Gasteiger partial charge in [0.2, 0.25) is 5.91 Å². The lowest BCUT2D eigenvalue weighted by molar-refractivity contribution is -0.121. The molecule has 1 amide bonds. The van der Waals surface area contributed by atoms with Crippen LogP contribution in [0.25, 0.3) is 10.9 Å². The summed E-state index contributed by atoms with van der Waals surface area (Å²) in [6.45, 7) is 3.27. The molecular formula is C24H27N3O4. The molecule has 0 fully saturated rings. The number of ether oxygens (including phenoxy) is 2. The summed E-state index contributed by atoms with van der Waals surface area (Å²) in [4.78, 5) is 26.8. The standard InChI is InChI=1S/C24H27N3O4/c1-30-22-13-17-7-10-26(15-18(17)14-23(22)31-2)12-9-25-24(29)16-27-11-8-21(28)19-5-3-4-6-20(19)27/h3-6,8,11,13-14H,7,9-10,12,15-16H2,1-2H3,(H,25,29). The predicted octanol–water partition coefficient (Wildman–Crippen LogP) is 2.19. The van der Waals surface area contributed by atoms with E-state index in [1.807, 2.05) is 28.8 Å². The third-order valence-corrected chi connectivity index (χ3v) is 5.75. The molecule has 4 rings (SSSR count). The van der Waals surface area contributed by atoms with Gasteiger partial charge < -0.3 is 19.4 Å². The van der Waals surface area contributed by atoms with E-state index in [0.717, 1.165) is 43.1 Å². The highest BCUT2D eigenvalue weighted by molar-refractivity contribution is 5.82. The van der Waals surface area contributed by atoms with Gasteiger partial charge in [-0.05, 0) is 41.8 Å². The Bertz CT molecular complexity index is 1160. The van der Waals surface area contributed by atoms with Crippen molar-refractivity contribution in [3.8, 4) is 11.5 Å². The minimum Gasteiger partial charge on any atom is -0.493 e. The maximum atomic E-state index is 12.5. The number of methoxy groups -OCH3 is 2. The van der Waals surface area contributed by atoms with E-state index >= 15 is 0 Å². The van der Waals surface area contributed by atoms with Gasteiger partial charge in [0.1, 0.15) is 6.54 Å². The Kier molecular flexibility index (Phi) is 6.23. The van der Waals surface area contributed by atoms with E-state index in [4.69, 9.17) is 9.47 Å². The maximum Gasteiger partial charge on any atom is 0.239 e. The Morgan fingerprint density at radius 2 is 1.81 bits per heavy atom. The van der Waals surface area contributed by atoms with Crippen LogP contribution in [0.1, 0.15) is 11.1 Å². The first-order chi connectivity index (χ1) is 15.1. The number of pyridine rings is 1. The average molecular weight is 421 g/mol. The molecule has 1 aliphatic rings. The number of hydrogen-bond donors (Lipinski definition) is 1. The van der Waals surface area contributed by atoms with Crippen LogP contribution in [0.15, 0.2) is 53.5 Å². The molecule has 1 N–H and O–H groups in total. The molecule has 0 bridgehead atoms. The van der Waals surface area contributed by atoms with Crippen LogP contribution in [0, 0.1) is 0 Å². The van der Waals surface area contributed by atoms with E-state index in [2.05, 4.69) is 16.3 Å². The largest absolute Gasteiger partial charge is 0.493 e. The SMILES string of the molecule is COc1cc2c(cc1OC)CN(CCNC(=O)Cn1ccc(=O)c3ccccc31)CC2. The molecule has 7 nitrogen and oxygen atoms in total. The molecule has 0 atom stereocenters. The molecule has 0 unspecified atom stereocenters. The van der Waals surface area contributed by atoms with Crippen molar-refractivity contribution in [2.75, 3.05) is 33.9 Å². The number of amides is 1. The van der Waals surface area contributed by atoms with Crippen LogP contribution in [0.5, 0.6) is 11.5 Å². The minimum atomic E-state index is -0.0717. The van der Waals surface area contributed by atoms with Crippen LogP contribution < -0.4 is 20.2 Å². The van der Waals surface area contributed by atoms with Gasteiger partial charge in [-0.2, -0.15) is 0 Å². The molecule has 0 spiro atoms. The van der Waals surface area contributed by atoms with Gasteiger partial charge in [0.15, 0.2) is 16.9 Å². The maximum absolute atomic E-state index is 12.5. The van der Waals surface area contributed by atoms with Crippen molar-refractivity contribution < 1.29 is 14.3 Å². The van der Waals surface area contributed by atoms with E-state index in [0.29, 0.717) is 11.9 Å². The first kappa shape index (κ1) is 20.9. The zero-order valence-electron chi connectivity index (χ0n) is 17.9. The van der Waals surface area contributed by atoms with E-state index in [-0.39, 0.29) is 17.9 Å². The smallest absolute Gasteiger partial charge is 0.239 e. The fourth-order valence-electron chi connectivity index (χ4n) is 4.09. The summed E-state index contributed by atoms with van der Waals surface area (Å²) in [5, 5.41) is 3.62. The lowest BCUT2D eigenvalue weighted by Gasteiger charge is -2.29. The van der Waals surface area contributed by atoms with Crippen LogP contribution in [0.3, 0.4) is 0 Å². The molecule has 1 aromatic heterocycles. The number of fused-ring (bicyclic) bond motifs is 2. The highest BCUT2D eigenvalue weighted by Gasteiger charge is 2.19. The molecule has 2 heterocycles. The fourth-order valence-corrected chi connectivity index (χ4v) is 4.09. The third kappa shape index (κ3) is 4.56. The van der Waals surface area contributed by atoms with Gasteiger partial charge >= 0.3 is 0 Å². The second-order valence-corrected chi connectivity index (χ2v) is 7.68. The van der Waals surface area contributed by atoms with E-state index in [1.54, 1.807) is 26.5 Å². The Labute approximate surface area is 181 Å². The zero-order chi connectivity index (χ0) is 21.8. The van der Waals surface area contributed by atoms with Crippen LogP contribution in [-0.4, -0.2) is 49.2 Å². The summed E-state index contributed by atoms with van der Waals surface area (Å²) >= 11 is 0. The normalized spacial score (nSPS) is 13.6. The molecule has 1 aliphatic heterocycles. The quantitative estimate of drug-likeness (QED) is 0.633. The Balaban J connectivity index is 1.33. The van der Waals surface area contributed by atoms with Crippen molar-refractivity contribution in [1.82, 2.24) is 14.8 Å². The van der Waals surface area contributed by atoms with Crippen molar-refractivity contribution in [3.63, 3.8) is 0 Å². The fraction of sp³-hybridized carbons (Fsp3) is 0.333. The van der Waals surface area contributed by atoms with Crippen LogP contribution >= 0.6 is 0 Å². The van der Waals surface area contributed by atoms with Gasteiger partial charge in [-0.1, -0.05) is 12.1 Å². The van der Waals surface area contributed by atoms with Gasteiger partial charge in [-0.3, -0.25) is 14.5 Å². The Morgan fingerprint density at radius 3 is 2.58 bits per heavy atom. The van der Waals surface area contributed by atoms with Crippen LogP contribution in [0.2, 0.25) is 0 Å². The first-order valence-electron chi connectivity index (χ1n) is 10.4. The average Bonchev–Trinajstić information content (AvgIpc) is 2.80. The molecule has 31 heavy (non-hydrogen) atoms. The number of carbonyl (C=O) groups is 1. The Hall–Kier alpha value is -3.32. The van der Waals surface area contributed by atoms with Crippen LogP contribution in [-0.2, 0) is 24.3 Å². The number of nitrogens with one attached hydrogen (secondary N) is 1. The summed E-state index contributed by atoms with van der Waals surface area (Å²) in [5.74, 6) is 1.43. The lowest BCUT2D eigenvalue weighted by atomic mass is 9.99. The van der Waals surface area contributed by atoms with Gasteiger partial charge in [-0.15, -0.1) is 0 Å². The number of carbonyl (C=O) groups excluding carboxylic acids is 1. The number of nitrogens with zero attached hydrogens (tertiary/aromatic N) is 2. The van der Waals surface area contributed by atoms with Crippen molar-refractivity contribution >= 4 is 16.8 Å². The van der Waals surface area contributed by atoms with Crippen LogP contribution in [0.4, 0.5) is 0 Å². The number of benzene rings is 2. The summed E-state index contributed by atoms with van der Waals surface area (Å²) in [5.41, 5.74) is 3.24. The molecule has 2 aromatic carbocycles. The second kappa shape index (κ2) is 9.22. The number of rotatable bonds is 7. The molecule has 0 aliphatic carbocycles. The van der Waals surface area contributed by atoms with E-state index in [9.17, 15) is 9.59 Å². The second-order valence-electron chi connectivity index (χ2n) is 7.68. The van der Waals surface area contributed by atoms with E-state index < -0.39 is 0 Å². The number of para-hydroxylation sites is 1. The van der Waals surface area contributed by atoms with Crippen molar-refractivity contribution in [1.29, 1.82) is 0 Å². The molecule has 7 heteroatoms. The Morgan fingerprint density at radius 1 is 1.06 bits per heavy atom. The van der Waals surface area contributed by atoms with Crippen molar-refractivity contribution in [2.45, 2.75) is 19.5 Å². The number of aromatic nitrogens is 1. The number of hydrogen-bond acceptors (Lipinski definition) is 5. The molecule has 3 aromatic rings. The zero-order valence-corrected chi connectivity index (χ0v) is 17.9. The van der Waals surface area contributed by atoms with Crippen molar-refractivity contribution in [2.24, 2.45) is 0 Å². The van der Waals surface area contributed by atoms with Gasteiger partial charge in [0.05, 0.1) is 19.7 Å². The molecule has 162 valence electrons. The van der Waals surface area contributed by atoms with Crippen molar-refractivity contribution in [3.05, 3.63) is 70.0 Å². The van der Waals surface area contributed by atoms with Gasteiger partial charge in [-0.25, -0.2) is 0 Å². The first-order valence-corrected chi connectivity index (χ1v) is 10.4. The monoisotopic (exact) mass is 421 g/mol. The summed E-state index contributed by atoms with van der Waals surface area (Å²) in [7, 11) is 3.30. The summed E-state index contributed by atoms with van der Waals surface area (Å²) in [6.07, 6.45) is 2.61. The van der Waals surface area contributed by atoms with Gasteiger partial charge in [0, 0.05) is 43.8 Å². The lowest BCUT2D eigenvalue weighted by Crippen LogP contribution is -2.38. The van der Waals surface area contributed by atoms with E-state index in [1.165, 1.54) is 17.2 Å². The predicted molar refractivity (Wildman–Crippen MR) is 120 cm³/mol. The third-order valence-electron chi connectivity index (χ3n) is 5.75. The topological polar surface area (TPSA) is 72.8 Å². The highest BCUT2D eigenvalue weighted by atomic mass is 16.5. The van der Waals surface area contributed by atoms with Gasteiger partial charge in [0.25, 0.3) is 0 Å². The molecule has 0 saturated heterocycles.